The smallest absolute Gasteiger partial charge is 0.179 e. The van der Waals surface area contributed by atoms with Crippen molar-refractivity contribution in [3.05, 3.63) is 40.6 Å². The zero-order valence-electron chi connectivity index (χ0n) is 13.1. The van der Waals surface area contributed by atoms with Crippen molar-refractivity contribution in [3.8, 4) is 11.5 Å². The van der Waals surface area contributed by atoms with Crippen molar-refractivity contribution in [2.45, 2.75) is 20.3 Å². The Morgan fingerprint density at radius 1 is 1.43 bits per heavy atom. The summed E-state index contributed by atoms with van der Waals surface area (Å²) in [6, 6.07) is 3.52. The third-order valence-electron chi connectivity index (χ3n) is 3.57. The average Bonchev–Trinajstić information content (AvgIpc) is 2.78. The van der Waals surface area contributed by atoms with Gasteiger partial charge < -0.3 is 14.3 Å². The molecular weight excluding hydrogens is 312 g/mol. The highest BCUT2D eigenvalue weighted by Crippen LogP contribution is 2.29. The van der Waals surface area contributed by atoms with E-state index in [1.54, 1.807) is 24.5 Å². The predicted octanol–water partition coefficient (Wildman–Crippen LogP) is 3.26. The van der Waals surface area contributed by atoms with Crippen LogP contribution in [0.25, 0.3) is 11.2 Å². The van der Waals surface area contributed by atoms with Gasteiger partial charge in [-0.3, -0.25) is 9.78 Å². The SMILES string of the molecule is CC(=O)Cc1cc(Oc2cnc3[nH]c(=S)n(C)c3c2C)ccn1. The lowest BCUT2D eigenvalue weighted by molar-refractivity contribution is -0.116. The number of carbonyl (C=O) groups is 1. The van der Waals surface area contributed by atoms with E-state index in [4.69, 9.17) is 17.0 Å². The molecule has 3 aromatic rings. The Hall–Kier alpha value is -2.54. The third kappa shape index (κ3) is 3.00. The van der Waals surface area contributed by atoms with Crippen molar-refractivity contribution in [3.63, 3.8) is 0 Å². The molecule has 0 saturated carbocycles. The first kappa shape index (κ1) is 15.4. The highest BCUT2D eigenvalue weighted by Gasteiger charge is 2.12. The second kappa shape index (κ2) is 5.92. The standard InChI is InChI=1S/C16H16N4O2S/c1-9(21)6-11-7-12(4-5-17-11)22-13-8-18-15-14(10(13)2)20(3)16(23)19-15/h4-5,7-8H,6H2,1-3H3,(H,18,19,23). The van der Waals surface area contributed by atoms with Gasteiger partial charge in [0.1, 0.15) is 11.5 Å². The summed E-state index contributed by atoms with van der Waals surface area (Å²) in [6.07, 6.45) is 3.58. The van der Waals surface area contributed by atoms with E-state index < -0.39 is 0 Å². The molecule has 1 N–H and O–H groups in total. The van der Waals surface area contributed by atoms with Crippen LogP contribution in [0, 0.1) is 11.7 Å². The lowest BCUT2D eigenvalue weighted by Crippen LogP contribution is -1.99. The number of nitrogens with one attached hydrogen (secondary N) is 1. The van der Waals surface area contributed by atoms with E-state index in [0.717, 1.165) is 16.7 Å². The molecule has 0 amide bonds. The van der Waals surface area contributed by atoms with Gasteiger partial charge >= 0.3 is 0 Å². The van der Waals surface area contributed by atoms with Gasteiger partial charge in [-0.2, -0.15) is 0 Å². The minimum atomic E-state index is 0.0613. The minimum Gasteiger partial charge on any atom is -0.455 e. The van der Waals surface area contributed by atoms with Crippen LogP contribution in [0.15, 0.2) is 24.5 Å². The lowest BCUT2D eigenvalue weighted by Gasteiger charge is -2.10. The molecule has 6 nitrogen and oxygen atoms in total. The number of H-pyrrole nitrogens is 1. The highest BCUT2D eigenvalue weighted by molar-refractivity contribution is 7.71. The van der Waals surface area contributed by atoms with Crippen LogP contribution >= 0.6 is 12.2 Å². The number of nitrogens with zero attached hydrogens (tertiary/aromatic N) is 3. The molecule has 0 unspecified atom stereocenters. The van der Waals surface area contributed by atoms with E-state index in [9.17, 15) is 4.79 Å². The molecule has 7 heteroatoms. The van der Waals surface area contributed by atoms with E-state index in [-0.39, 0.29) is 5.78 Å². The molecule has 0 aliphatic carbocycles. The first-order chi connectivity index (χ1) is 11.0. The zero-order chi connectivity index (χ0) is 16.6. The van der Waals surface area contributed by atoms with Gasteiger partial charge in [0.25, 0.3) is 0 Å². The number of carbonyl (C=O) groups excluding carboxylic acids is 1. The molecule has 0 fully saturated rings. The van der Waals surface area contributed by atoms with Crippen molar-refractivity contribution in [2.24, 2.45) is 7.05 Å². The Kier molecular flexibility index (Phi) is 3.96. The first-order valence-electron chi connectivity index (χ1n) is 7.12. The van der Waals surface area contributed by atoms with Crippen LogP contribution < -0.4 is 4.74 Å². The van der Waals surface area contributed by atoms with Gasteiger partial charge in [0, 0.05) is 31.3 Å². The number of pyridine rings is 2. The number of ketones is 1. The molecule has 0 aliphatic rings. The largest absolute Gasteiger partial charge is 0.455 e. The Labute approximate surface area is 138 Å². The Morgan fingerprint density at radius 3 is 2.96 bits per heavy atom. The maximum atomic E-state index is 11.2. The number of aromatic nitrogens is 4. The number of Topliss-reactive ketones (excluding diaryl/α,β-unsaturated/α-hetero) is 1. The summed E-state index contributed by atoms with van der Waals surface area (Å²) in [6.45, 7) is 3.50. The van der Waals surface area contributed by atoms with Gasteiger partial charge in [-0.25, -0.2) is 4.98 Å². The summed E-state index contributed by atoms with van der Waals surface area (Å²) >= 11 is 5.23. The molecular formula is C16H16N4O2S. The maximum absolute atomic E-state index is 11.2. The van der Waals surface area contributed by atoms with Gasteiger partial charge in [0.15, 0.2) is 16.2 Å². The molecule has 0 saturated heterocycles. The predicted molar refractivity (Wildman–Crippen MR) is 89.3 cm³/mol. The summed E-state index contributed by atoms with van der Waals surface area (Å²) in [5.74, 6) is 1.32. The van der Waals surface area contributed by atoms with Gasteiger partial charge in [-0.15, -0.1) is 0 Å². The molecule has 118 valence electrons. The molecule has 0 aliphatic heterocycles. The monoisotopic (exact) mass is 328 g/mol. The van der Waals surface area contributed by atoms with Crippen LogP contribution in [-0.2, 0) is 18.3 Å². The van der Waals surface area contributed by atoms with Crippen molar-refractivity contribution >= 4 is 29.2 Å². The van der Waals surface area contributed by atoms with Crippen LogP contribution in [0.3, 0.4) is 0 Å². The third-order valence-corrected chi connectivity index (χ3v) is 3.95. The number of rotatable bonds is 4. The second-order valence-electron chi connectivity index (χ2n) is 5.40. The van der Waals surface area contributed by atoms with E-state index in [1.165, 1.54) is 6.92 Å². The lowest BCUT2D eigenvalue weighted by atomic mass is 10.2. The van der Waals surface area contributed by atoms with Gasteiger partial charge in [-0.1, -0.05) is 0 Å². The summed E-state index contributed by atoms with van der Waals surface area (Å²) in [5, 5.41) is 0. The van der Waals surface area contributed by atoms with Gasteiger partial charge in [0.05, 0.1) is 17.4 Å². The number of aryl methyl sites for hydroxylation is 2. The fourth-order valence-corrected chi connectivity index (χ4v) is 2.65. The summed E-state index contributed by atoms with van der Waals surface area (Å²) in [7, 11) is 1.89. The van der Waals surface area contributed by atoms with Crippen molar-refractivity contribution in [1.29, 1.82) is 0 Å². The number of hydrogen-bond acceptors (Lipinski definition) is 5. The second-order valence-corrected chi connectivity index (χ2v) is 5.78. The van der Waals surface area contributed by atoms with Crippen molar-refractivity contribution < 1.29 is 9.53 Å². The molecule has 3 heterocycles. The van der Waals surface area contributed by atoms with E-state index in [0.29, 0.717) is 28.4 Å². The number of aromatic amines is 1. The van der Waals surface area contributed by atoms with E-state index in [2.05, 4.69) is 15.0 Å². The van der Waals surface area contributed by atoms with Crippen LogP contribution in [0.5, 0.6) is 11.5 Å². The van der Waals surface area contributed by atoms with Crippen molar-refractivity contribution in [2.75, 3.05) is 0 Å². The fourth-order valence-electron chi connectivity index (χ4n) is 2.47. The minimum absolute atomic E-state index is 0.0613. The number of fused-ring (bicyclic) bond motifs is 1. The maximum Gasteiger partial charge on any atom is 0.179 e. The molecule has 3 aromatic heterocycles. The zero-order valence-corrected chi connectivity index (χ0v) is 13.9. The van der Waals surface area contributed by atoms with Crippen molar-refractivity contribution in [1.82, 2.24) is 19.5 Å². The molecule has 3 rings (SSSR count). The molecule has 0 radical (unpaired) electrons. The molecule has 0 atom stereocenters. The number of ether oxygens (including phenoxy) is 1. The number of imidazole rings is 1. The Morgan fingerprint density at radius 2 is 2.22 bits per heavy atom. The van der Waals surface area contributed by atoms with Gasteiger partial charge in [-0.05, 0) is 32.1 Å². The molecule has 0 spiro atoms. The molecule has 0 aromatic carbocycles. The highest BCUT2D eigenvalue weighted by atomic mass is 32.1. The topological polar surface area (TPSA) is 72.8 Å². The first-order valence-corrected chi connectivity index (χ1v) is 7.53. The summed E-state index contributed by atoms with van der Waals surface area (Å²) in [4.78, 5) is 22.8. The fraction of sp³-hybridized carbons (Fsp3) is 0.250. The van der Waals surface area contributed by atoms with Crippen LogP contribution in [-0.4, -0.2) is 25.3 Å². The van der Waals surface area contributed by atoms with Crippen LogP contribution in [0.1, 0.15) is 18.2 Å². The van der Waals surface area contributed by atoms with Crippen LogP contribution in [0.4, 0.5) is 0 Å². The van der Waals surface area contributed by atoms with Gasteiger partial charge in [0.2, 0.25) is 0 Å². The Bertz CT molecular complexity index is 958. The normalized spacial score (nSPS) is 10.9. The Balaban J connectivity index is 1.98. The molecule has 0 bridgehead atoms. The van der Waals surface area contributed by atoms with E-state index >= 15 is 0 Å². The summed E-state index contributed by atoms with van der Waals surface area (Å²) in [5.41, 5.74) is 3.26. The quantitative estimate of drug-likeness (QED) is 0.744. The summed E-state index contributed by atoms with van der Waals surface area (Å²) < 4.78 is 8.41. The number of hydrogen-bond donors (Lipinski definition) is 1. The van der Waals surface area contributed by atoms with Crippen LogP contribution in [0.2, 0.25) is 0 Å². The molecule has 23 heavy (non-hydrogen) atoms. The average molecular weight is 328 g/mol. The van der Waals surface area contributed by atoms with E-state index in [1.807, 2.05) is 18.5 Å².